The van der Waals surface area contributed by atoms with E-state index in [1.165, 1.54) is 10.6 Å². The molecule has 1 N–H and O–H groups in total. The van der Waals surface area contributed by atoms with Gasteiger partial charge in [0.05, 0.1) is 10.6 Å². The topological polar surface area (TPSA) is 47.0 Å². The second-order valence-electron chi connectivity index (χ2n) is 5.02. The van der Waals surface area contributed by atoms with E-state index < -0.39 is 0 Å². The van der Waals surface area contributed by atoms with Gasteiger partial charge < -0.3 is 10.1 Å². The summed E-state index contributed by atoms with van der Waals surface area (Å²) in [5.41, 5.74) is 1.17. The fourth-order valence-electron chi connectivity index (χ4n) is 2.18. The van der Waals surface area contributed by atoms with Crippen molar-refractivity contribution in [1.29, 1.82) is 0 Å². The van der Waals surface area contributed by atoms with Gasteiger partial charge in [0, 0.05) is 19.8 Å². The quantitative estimate of drug-likeness (QED) is 0.717. The molecule has 0 amide bonds. The van der Waals surface area contributed by atoms with Crippen LogP contribution in [-0.2, 0) is 11.2 Å². The maximum absolute atomic E-state index is 5.21. The molecule has 0 aliphatic carbocycles. The van der Waals surface area contributed by atoms with Gasteiger partial charge in [-0.1, -0.05) is 31.7 Å². The monoisotopic (exact) mass is 285 g/mol. The van der Waals surface area contributed by atoms with Crippen LogP contribution in [0.1, 0.15) is 56.6 Å². The predicted octanol–water partition coefficient (Wildman–Crippen LogP) is 3.20. The molecule has 0 aromatic carbocycles. The van der Waals surface area contributed by atoms with Gasteiger partial charge in [0.25, 0.3) is 0 Å². The highest BCUT2D eigenvalue weighted by Crippen LogP contribution is 2.29. The van der Waals surface area contributed by atoms with E-state index in [1.807, 2.05) is 0 Å². The van der Waals surface area contributed by atoms with Gasteiger partial charge in [-0.05, 0) is 43.3 Å². The lowest BCUT2D eigenvalue weighted by atomic mass is 9.95. The first kappa shape index (κ1) is 16.5. The number of hydrogen-bond donors (Lipinski definition) is 1. The summed E-state index contributed by atoms with van der Waals surface area (Å²) >= 11 is 1.55. The molecule has 1 aromatic heterocycles. The SMILES string of the molecule is CCCNC(c1snnc1CCC)C(C)CCOC. The van der Waals surface area contributed by atoms with Gasteiger partial charge >= 0.3 is 0 Å². The molecular formula is C14H27N3OS. The number of methoxy groups -OCH3 is 1. The van der Waals surface area contributed by atoms with Crippen LogP contribution < -0.4 is 5.32 Å². The summed E-state index contributed by atoms with van der Waals surface area (Å²) in [6, 6.07) is 0.358. The Bertz CT molecular complexity index is 343. The summed E-state index contributed by atoms with van der Waals surface area (Å²) in [4.78, 5) is 1.32. The van der Waals surface area contributed by atoms with Crippen molar-refractivity contribution in [1.82, 2.24) is 14.9 Å². The summed E-state index contributed by atoms with van der Waals surface area (Å²) in [6.45, 7) is 8.50. The Balaban J connectivity index is 2.78. The number of rotatable bonds is 10. The summed E-state index contributed by atoms with van der Waals surface area (Å²) in [6.07, 6.45) is 4.34. The van der Waals surface area contributed by atoms with Crippen molar-refractivity contribution >= 4 is 11.5 Å². The van der Waals surface area contributed by atoms with Gasteiger partial charge in [-0.25, -0.2) is 0 Å². The fourth-order valence-corrected chi connectivity index (χ4v) is 3.09. The molecule has 0 radical (unpaired) electrons. The Morgan fingerprint density at radius 3 is 2.74 bits per heavy atom. The van der Waals surface area contributed by atoms with Crippen LogP contribution >= 0.6 is 11.5 Å². The molecule has 5 heteroatoms. The van der Waals surface area contributed by atoms with E-state index in [0.717, 1.165) is 38.8 Å². The highest BCUT2D eigenvalue weighted by atomic mass is 32.1. The summed E-state index contributed by atoms with van der Waals surface area (Å²) in [7, 11) is 1.76. The van der Waals surface area contributed by atoms with Crippen molar-refractivity contribution < 1.29 is 4.74 Å². The van der Waals surface area contributed by atoms with Crippen molar-refractivity contribution in [3.63, 3.8) is 0 Å². The van der Waals surface area contributed by atoms with Crippen LogP contribution in [0.2, 0.25) is 0 Å². The number of nitrogens with one attached hydrogen (secondary N) is 1. The molecule has 19 heavy (non-hydrogen) atoms. The highest BCUT2D eigenvalue weighted by molar-refractivity contribution is 7.05. The number of ether oxygens (including phenoxy) is 1. The summed E-state index contributed by atoms with van der Waals surface area (Å²) in [5.74, 6) is 0.532. The van der Waals surface area contributed by atoms with Crippen LogP contribution in [0.5, 0.6) is 0 Å². The van der Waals surface area contributed by atoms with E-state index in [-0.39, 0.29) is 0 Å². The van der Waals surface area contributed by atoms with Crippen molar-refractivity contribution in [2.75, 3.05) is 20.3 Å². The molecule has 0 fully saturated rings. The first-order valence-electron chi connectivity index (χ1n) is 7.27. The van der Waals surface area contributed by atoms with Crippen LogP contribution in [0.4, 0.5) is 0 Å². The number of nitrogens with zero attached hydrogens (tertiary/aromatic N) is 2. The van der Waals surface area contributed by atoms with Crippen molar-refractivity contribution in [3.05, 3.63) is 10.6 Å². The molecule has 0 saturated heterocycles. The number of aromatic nitrogens is 2. The maximum Gasteiger partial charge on any atom is 0.0803 e. The van der Waals surface area contributed by atoms with E-state index in [2.05, 4.69) is 35.7 Å². The minimum atomic E-state index is 0.358. The van der Waals surface area contributed by atoms with E-state index in [9.17, 15) is 0 Å². The van der Waals surface area contributed by atoms with Crippen LogP contribution in [-0.4, -0.2) is 29.8 Å². The second kappa shape index (κ2) is 9.39. The molecule has 4 nitrogen and oxygen atoms in total. The van der Waals surface area contributed by atoms with Crippen LogP contribution in [0.15, 0.2) is 0 Å². The fraction of sp³-hybridized carbons (Fsp3) is 0.857. The average molecular weight is 285 g/mol. The predicted molar refractivity (Wildman–Crippen MR) is 80.6 cm³/mol. The first-order chi connectivity index (χ1) is 9.24. The van der Waals surface area contributed by atoms with Gasteiger partial charge in [0.15, 0.2) is 0 Å². The number of hydrogen-bond acceptors (Lipinski definition) is 5. The van der Waals surface area contributed by atoms with Crippen LogP contribution in [0, 0.1) is 5.92 Å². The molecule has 1 rings (SSSR count). The molecule has 1 heterocycles. The zero-order valence-corrected chi connectivity index (χ0v) is 13.4. The van der Waals surface area contributed by atoms with Crippen LogP contribution in [0.3, 0.4) is 0 Å². The Kier molecular flexibility index (Phi) is 8.18. The van der Waals surface area contributed by atoms with E-state index in [1.54, 1.807) is 18.6 Å². The zero-order chi connectivity index (χ0) is 14.1. The maximum atomic E-state index is 5.21. The van der Waals surface area contributed by atoms with Crippen molar-refractivity contribution in [2.45, 2.75) is 52.5 Å². The van der Waals surface area contributed by atoms with Crippen molar-refractivity contribution in [2.24, 2.45) is 5.92 Å². The lowest BCUT2D eigenvalue weighted by Gasteiger charge is -2.24. The molecule has 0 spiro atoms. The standard InChI is InChI=1S/C14H27N3OS/c1-5-7-12-14(19-17-16-12)13(15-9-6-2)11(3)8-10-18-4/h11,13,15H,5-10H2,1-4H3. The average Bonchev–Trinajstić information content (AvgIpc) is 2.85. The van der Waals surface area contributed by atoms with E-state index >= 15 is 0 Å². The first-order valence-corrected chi connectivity index (χ1v) is 8.05. The minimum absolute atomic E-state index is 0.358. The summed E-state index contributed by atoms with van der Waals surface area (Å²) < 4.78 is 9.36. The summed E-state index contributed by atoms with van der Waals surface area (Å²) in [5, 5.41) is 7.95. The molecule has 0 saturated carbocycles. The molecule has 1 aromatic rings. The highest BCUT2D eigenvalue weighted by Gasteiger charge is 2.23. The van der Waals surface area contributed by atoms with Gasteiger partial charge in [0.1, 0.15) is 0 Å². The van der Waals surface area contributed by atoms with Crippen molar-refractivity contribution in [3.8, 4) is 0 Å². The van der Waals surface area contributed by atoms with E-state index in [4.69, 9.17) is 4.74 Å². The number of aryl methyl sites for hydroxylation is 1. The molecule has 0 bridgehead atoms. The third kappa shape index (κ3) is 5.16. The normalized spacial score (nSPS) is 14.5. The Hall–Kier alpha value is -0.520. The molecular weight excluding hydrogens is 258 g/mol. The third-order valence-electron chi connectivity index (χ3n) is 3.32. The van der Waals surface area contributed by atoms with Crippen LogP contribution in [0.25, 0.3) is 0 Å². The molecule has 2 unspecified atom stereocenters. The van der Waals surface area contributed by atoms with E-state index in [0.29, 0.717) is 12.0 Å². The molecule has 110 valence electrons. The Morgan fingerprint density at radius 2 is 2.11 bits per heavy atom. The smallest absolute Gasteiger partial charge is 0.0803 e. The molecule has 0 aliphatic heterocycles. The minimum Gasteiger partial charge on any atom is -0.385 e. The van der Waals surface area contributed by atoms with Gasteiger partial charge in [-0.2, -0.15) is 0 Å². The Morgan fingerprint density at radius 1 is 1.32 bits per heavy atom. The lowest BCUT2D eigenvalue weighted by molar-refractivity contribution is 0.170. The largest absolute Gasteiger partial charge is 0.385 e. The van der Waals surface area contributed by atoms with Gasteiger partial charge in [0.2, 0.25) is 0 Å². The second-order valence-corrected chi connectivity index (χ2v) is 5.81. The molecule has 2 atom stereocenters. The lowest BCUT2D eigenvalue weighted by Crippen LogP contribution is -2.28. The molecule has 0 aliphatic rings. The van der Waals surface area contributed by atoms with Gasteiger partial charge in [-0.15, -0.1) is 5.10 Å². The third-order valence-corrected chi connectivity index (χ3v) is 4.16. The zero-order valence-electron chi connectivity index (χ0n) is 12.6. The Labute approximate surface area is 121 Å². The van der Waals surface area contributed by atoms with Gasteiger partial charge in [-0.3, -0.25) is 0 Å².